The van der Waals surface area contributed by atoms with Gasteiger partial charge in [0.25, 0.3) is 5.91 Å². The SMILES string of the molecule is COc1cccc(/C=C/C(=O)O[C@@H](C)C(=O)N(C)c2ccccc2)c1. The summed E-state index contributed by atoms with van der Waals surface area (Å²) in [5, 5.41) is 0. The highest BCUT2D eigenvalue weighted by Crippen LogP contribution is 2.15. The number of benzene rings is 2. The molecule has 0 fully saturated rings. The molecule has 0 aliphatic carbocycles. The van der Waals surface area contributed by atoms with Crippen LogP contribution >= 0.6 is 0 Å². The molecule has 0 spiro atoms. The van der Waals surface area contributed by atoms with E-state index in [1.54, 1.807) is 33.2 Å². The first-order valence-corrected chi connectivity index (χ1v) is 7.86. The van der Waals surface area contributed by atoms with Crippen LogP contribution in [0.25, 0.3) is 6.08 Å². The molecular formula is C20H21NO4. The van der Waals surface area contributed by atoms with E-state index in [9.17, 15) is 9.59 Å². The van der Waals surface area contributed by atoms with Crippen molar-refractivity contribution in [3.8, 4) is 5.75 Å². The molecule has 0 N–H and O–H groups in total. The maximum atomic E-state index is 12.3. The molecule has 2 aromatic rings. The highest BCUT2D eigenvalue weighted by Gasteiger charge is 2.21. The summed E-state index contributed by atoms with van der Waals surface area (Å²) in [4.78, 5) is 25.7. The van der Waals surface area contributed by atoms with E-state index < -0.39 is 12.1 Å². The average Bonchev–Trinajstić information content (AvgIpc) is 2.66. The minimum Gasteiger partial charge on any atom is -0.497 e. The van der Waals surface area contributed by atoms with Crippen LogP contribution in [-0.2, 0) is 14.3 Å². The number of nitrogens with zero attached hydrogens (tertiary/aromatic N) is 1. The molecule has 1 amide bonds. The molecule has 0 aliphatic rings. The zero-order chi connectivity index (χ0) is 18.2. The van der Waals surface area contributed by atoms with Gasteiger partial charge in [0, 0.05) is 18.8 Å². The number of ether oxygens (including phenoxy) is 2. The second kappa shape index (κ2) is 8.68. The maximum absolute atomic E-state index is 12.3. The summed E-state index contributed by atoms with van der Waals surface area (Å²) in [7, 11) is 3.22. The molecule has 0 heterocycles. The molecule has 5 nitrogen and oxygen atoms in total. The summed E-state index contributed by atoms with van der Waals surface area (Å²) in [6, 6.07) is 16.4. The largest absolute Gasteiger partial charge is 0.497 e. The van der Waals surface area contributed by atoms with Crippen molar-refractivity contribution in [1.29, 1.82) is 0 Å². The van der Waals surface area contributed by atoms with Crippen LogP contribution in [0.2, 0.25) is 0 Å². The Morgan fingerprint density at radius 1 is 1.08 bits per heavy atom. The van der Waals surface area contributed by atoms with Gasteiger partial charge in [0.1, 0.15) is 5.75 Å². The highest BCUT2D eigenvalue weighted by atomic mass is 16.5. The lowest BCUT2D eigenvalue weighted by molar-refractivity contribution is -0.148. The van der Waals surface area contributed by atoms with Gasteiger partial charge in [-0.2, -0.15) is 0 Å². The first kappa shape index (κ1) is 18.3. The number of hydrogen-bond acceptors (Lipinski definition) is 4. The van der Waals surface area contributed by atoms with Gasteiger partial charge in [0.15, 0.2) is 6.10 Å². The Labute approximate surface area is 147 Å². The van der Waals surface area contributed by atoms with Gasteiger partial charge in [-0.15, -0.1) is 0 Å². The lowest BCUT2D eigenvalue weighted by Gasteiger charge is -2.21. The van der Waals surface area contributed by atoms with Crippen molar-refractivity contribution >= 4 is 23.6 Å². The number of carbonyl (C=O) groups is 2. The number of rotatable bonds is 6. The Balaban J connectivity index is 1.95. The van der Waals surface area contributed by atoms with Crippen molar-refractivity contribution in [2.75, 3.05) is 19.1 Å². The fourth-order valence-corrected chi connectivity index (χ4v) is 2.22. The van der Waals surface area contributed by atoms with Gasteiger partial charge < -0.3 is 14.4 Å². The maximum Gasteiger partial charge on any atom is 0.331 e. The number of hydrogen-bond donors (Lipinski definition) is 0. The fourth-order valence-electron chi connectivity index (χ4n) is 2.22. The number of anilines is 1. The van der Waals surface area contributed by atoms with Crippen molar-refractivity contribution in [3.05, 3.63) is 66.2 Å². The first-order valence-electron chi connectivity index (χ1n) is 7.86. The molecule has 0 radical (unpaired) electrons. The first-order chi connectivity index (χ1) is 12.0. The Bertz CT molecular complexity index is 755. The molecule has 0 aromatic heterocycles. The molecule has 0 bridgehead atoms. The molecule has 5 heteroatoms. The molecular weight excluding hydrogens is 318 g/mol. The Kier molecular flexibility index (Phi) is 6.34. The summed E-state index contributed by atoms with van der Waals surface area (Å²) in [6.45, 7) is 1.55. The van der Waals surface area contributed by atoms with Crippen molar-refractivity contribution in [1.82, 2.24) is 0 Å². The molecule has 25 heavy (non-hydrogen) atoms. The van der Waals surface area contributed by atoms with Crippen LogP contribution in [0.1, 0.15) is 12.5 Å². The lowest BCUT2D eigenvalue weighted by Crippen LogP contribution is -2.37. The molecule has 0 unspecified atom stereocenters. The quantitative estimate of drug-likeness (QED) is 0.598. The number of methoxy groups -OCH3 is 1. The van der Waals surface area contributed by atoms with E-state index in [-0.39, 0.29) is 5.91 Å². The summed E-state index contributed by atoms with van der Waals surface area (Å²) < 4.78 is 10.3. The van der Waals surface area contributed by atoms with Gasteiger partial charge in [-0.25, -0.2) is 4.79 Å². The molecule has 0 aliphatic heterocycles. The summed E-state index contributed by atoms with van der Waals surface area (Å²) in [5.41, 5.74) is 1.54. The summed E-state index contributed by atoms with van der Waals surface area (Å²) in [5.74, 6) is -0.178. The van der Waals surface area contributed by atoms with Crippen LogP contribution < -0.4 is 9.64 Å². The average molecular weight is 339 g/mol. The van der Waals surface area contributed by atoms with Crippen LogP contribution in [0, 0.1) is 0 Å². The van der Waals surface area contributed by atoms with Crippen molar-refractivity contribution in [2.45, 2.75) is 13.0 Å². The van der Waals surface area contributed by atoms with Gasteiger partial charge in [-0.1, -0.05) is 30.3 Å². The van der Waals surface area contributed by atoms with Crippen LogP contribution in [0.5, 0.6) is 5.75 Å². The van der Waals surface area contributed by atoms with Gasteiger partial charge in [-0.05, 0) is 42.8 Å². The Morgan fingerprint density at radius 2 is 1.80 bits per heavy atom. The van der Waals surface area contributed by atoms with Crippen molar-refractivity contribution in [3.63, 3.8) is 0 Å². The highest BCUT2D eigenvalue weighted by molar-refractivity contribution is 5.98. The Hall–Kier alpha value is -3.08. The number of para-hydroxylation sites is 1. The predicted molar refractivity (Wildman–Crippen MR) is 97.4 cm³/mol. The zero-order valence-electron chi connectivity index (χ0n) is 14.5. The van der Waals surface area contributed by atoms with Crippen molar-refractivity contribution < 1.29 is 19.1 Å². The topological polar surface area (TPSA) is 55.8 Å². The van der Waals surface area contributed by atoms with Crippen LogP contribution in [0.4, 0.5) is 5.69 Å². The normalized spacial score (nSPS) is 11.8. The third-order valence-corrected chi connectivity index (χ3v) is 3.62. The fraction of sp³-hybridized carbons (Fsp3) is 0.200. The second-order valence-electron chi connectivity index (χ2n) is 5.42. The molecule has 130 valence electrons. The molecule has 0 saturated heterocycles. The van der Waals surface area contributed by atoms with Crippen LogP contribution in [0.15, 0.2) is 60.7 Å². The van der Waals surface area contributed by atoms with Gasteiger partial charge in [0.2, 0.25) is 0 Å². The third kappa shape index (κ3) is 5.21. The van der Waals surface area contributed by atoms with Crippen LogP contribution in [-0.4, -0.2) is 32.1 Å². The van der Waals surface area contributed by atoms with Gasteiger partial charge >= 0.3 is 5.97 Å². The molecule has 2 rings (SSSR count). The predicted octanol–water partition coefficient (Wildman–Crippen LogP) is 3.30. The van der Waals surface area contributed by atoms with Gasteiger partial charge in [0.05, 0.1) is 7.11 Å². The molecule has 0 saturated carbocycles. The van der Waals surface area contributed by atoms with E-state index in [0.717, 1.165) is 11.3 Å². The van der Waals surface area contributed by atoms with E-state index in [1.807, 2.05) is 48.5 Å². The summed E-state index contributed by atoms with van der Waals surface area (Å²) in [6.07, 6.45) is 2.02. The molecule has 2 aromatic carbocycles. The smallest absolute Gasteiger partial charge is 0.331 e. The number of amides is 1. The van der Waals surface area contributed by atoms with E-state index in [1.165, 1.54) is 11.0 Å². The lowest BCUT2D eigenvalue weighted by atomic mass is 10.2. The monoisotopic (exact) mass is 339 g/mol. The van der Waals surface area contributed by atoms with Gasteiger partial charge in [-0.3, -0.25) is 4.79 Å². The van der Waals surface area contributed by atoms with E-state index in [2.05, 4.69) is 0 Å². The van der Waals surface area contributed by atoms with E-state index in [0.29, 0.717) is 5.75 Å². The van der Waals surface area contributed by atoms with Crippen LogP contribution in [0.3, 0.4) is 0 Å². The zero-order valence-corrected chi connectivity index (χ0v) is 14.5. The number of likely N-dealkylation sites (N-methyl/N-ethyl adjacent to an activating group) is 1. The minimum absolute atomic E-state index is 0.297. The second-order valence-corrected chi connectivity index (χ2v) is 5.42. The molecule has 1 atom stereocenters. The third-order valence-electron chi connectivity index (χ3n) is 3.62. The number of carbonyl (C=O) groups excluding carboxylic acids is 2. The number of esters is 1. The van der Waals surface area contributed by atoms with E-state index in [4.69, 9.17) is 9.47 Å². The van der Waals surface area contributed by atoms with E-state index >= 15 is 0 Å². The van der Waals surface area contributed by atoms with Crippen molar-refractivity contribution in [2.24, 2.45) is 0 Å². The Morgan fingerprint density at radius 3 is 2.48 bits per heavy atom. The minimum atomic E-state index is -0.882. The summed E-state index contributed by atoms with van der Waals surface area (Å²) >= 11 is 0. The standard InChI is InChI=1S/C20H21NO4/c1-15(20(23)21(2)17-9-5-4-6-10-17)25-19(22)13-12-16-8-7-11-18(14-16)24-3/h4-15H,1-3H3/b13-12+/t15-/m0/s1.